The molecule has 78 valence electrons. The average molecular weight is 260 g/mol. The third-order valence-corrected chi connectivity index (χ3v) is 3.16. The second-order valence-corrected chi connectivity index (χ2v) is 4.78. The topological polar surface area (TPSA) is 57.2 Å². The molecule has 16 heavy (non-hydrogen) atoms. The Morgan fingerprint density at radius 3 is 2.44 bits per heavy atom. The van der Waals surface area contributed by atoms with Crippen LogP contribution >= 0.6 is 0 Å². The van der Waals surface area contributed by atoms with Crippen LogP contribution in [0.3, 0.4) is 0 Å². The fraction of sp³-hybridized carbons (Fsp3) is 0.0909. The van der Waals surface area contributed by atoms with Crippen LogP contribution in [0.4, 0.5) is 0 Å². The zero-order valence-corrected chi connectivity index (χ0v) is 13.0. The molecule has 0 aliphatic carbocycles. The van der Waals surface area contributed by atoms with E-state index >= 15 is 0 Å². The quantitative estimate of drug-likeness (QED) is 0.491. The Bertz CT molecular complexity index is 620. The third-order valence-electron chi connectivity index (χ3n) is 2.27. The molecule has 0 aliphatic rings. The van der Waals surface area contributed by atoms with Gasteiger partial charge in [-0.1, -0.05) is 35.9 Å². The van der Waals surface area contributed by atoms with Gasteiger partial charge in [-0.25, -0.2) is 8.42 Å². The number of benzene rings is 2. The van der Waals surface area contributed by atoms with Gasteiger partial charge in [0.15, 0.2) is 0 Å². The van der Waals surface area contributed by atoms with Crippen molar-refractivity contribution in [3.05, 3.63) is 42.0 Å². The molecule has 2 aromatic carbocycles. The number of hydrogen-bond donors (Lipinski definition) is 0. The molecule has 0 aliphatic heterocycles. The first-order chi connectivity index (χ1) is 6.98. The molecule has 0 saturated carbocycles. The molecule has 0 N–H and O–H groups in total. The van der Waals surface area contributed by atoms with E-state index in [1.807, 2.05) is 13.0 Å². The minimum atomic E-state index is -4.39. The minimum absolute atomic E-state index is 0. The minimum Gasteiger partial charge on any atom is -0.744 e. The Morgan fingerprint density at radius 2 is 1.81 bits per heavy atom. The summed E-state index contributed by atoms with van der Waals surface area (Å²) in [5, 5.41) is 1.25. The van der Waals surface area contributed by atoms with Gasteiger partial charge in [0.05, 0.1) is 4.90 Å². The van der Waals surface area contributed by atoms with E-state index in [9.17, 15) is 13.0 Å². The largest absolute Gasteiger partial charge is 1.00 e. The van der Waals surface area contributed by atoms with Crippen LogP contribution in [0.2, 0.25) is 0 Å². The molecule has 0 saturated heterocycles. The summed E-state index contributed by atoms with van der Waals surface area (Å²) in [6, 6.07) is 10.0. The van der Waals surface area contributed by atoms with Crippen LogP contribution in [-0.4, -0.2) is 13.0 Å². The molecule has 2 aromatic rings. The van der Waals surface area contributed by atoms with Gasteiger partial charge in [0.1, 0.15) is 10.1 Å². The Kier molecular flexibility index (Phi) is 4.71. The molecule has 0 aromatic heterocycles. The van der Waals surface area contributed by atoms with Crippen molar-refractivity contribution in [2.75, 3.05) is 0 Å². The fourth-order valence-corrected chi connectivity index (χ4v) is 2.29. The van der Waals surface area contributed by atoms with Crippen LogP contribution in [0.1, 0.15) is 5.56 Å². The number of fused-ring (bicyclic) bond motifs is 1. The second kappa shape index (κ2) is 5.26. The van der Waals surface area contributed by atoms with E-state index in [2.05, 4.69) is 0 Å². The zero-order chi connectivity index (χ0) is 11.1. The van der Waals surface area contributed by atoms with Crippen molar-refractivity contribution in [2.45, 2.75) is 11.8 Å². The van der Waals surface area contributed by atoms with Crippen LogP contribution in [0, 0.1) is 6.92 Å². The number of aryl methyl sites for hydroxylation is 1. The van der Waals surface area contributed by atoms with Gasteiger partial charge in [0.25, 0.3) is 0 Å². The molecule has 0 heterocycles. The summed E-state index contributed by atoms with van der Waals surface area (Å²) in [6.07, 6.45) is 0. The van der Waals surface area contributed by atoms with E-state index < -0.39 is 10.1 Å². The van der Waals surface area contributed by atoms with E-state index in [-0.39, 0.29) is 56.3 Å². The van der Waals surface area contributed by atoms with Crippen LogP contribution in [0.5, 0.6) is 0 Å². The summed E-state index contributed by atoms with van der Waals surface area (Å²) in [5.74, 6) is 0. The van der Waals surface area contributed by atoms with E-state index in [0.29, 0.717) is 5.39 Å². The van der Waals surface area contributed by atoms with Crippen molar-refractivity contribution in [1.29, 1.82) is 0 Å². The molecule has 0 spiro atoms. The molecule has 0 fully saturated rings. The van der Waals surface area contributed by atoms with Gasteiger partial charge >= 0.3 is 51.4 Å². The van der Waals surface area contributed by atoms with Crippen molar-refractivity contribution in [2.24, 2.45) is 0 Å². The predicted molar refractivity (Wildman–Crippen MR) is 56.6 cm³/mol. The molecule has 0 radical (unpaired) electrons. The summed E-state index contributed by atoms with van der Waals surface area (Å²) in [6.45, 7) is 1.91. The van der Waals surface area contributed by atoms with Gasteiger partial charge in [-0.15, -0.1) is 0 Å². The second-order valence-electron chi connectivity index (χ2n) is 3.43. The van der Waals surface area contributed by atoms with Crippen LogP contribution in [0.15, 0.2) is 41.3 Å². The van der Waals surface area contributed by atoms with Crippen molar-refractivity contribution >= 4 is 20.9 Å². The van der Waals surface area contributed by atoms with Gasteiger partial charge in [-0.3, -0.25) is 0 Å². The van der Waals surface area contributed by atoms with Crippen molar-refractivity contribution in [1.82, 2.24) is 0 Å². The van der Waals surface area contributed by atoms with Gasteiger partial charge in [-0.2, -0.15) is 0 Å². The monoisotopic (exact) mass is 260 g/mol. The molecule has 5 heteroatoms. The number of hydrogen-bond acceptors (Lipinski definition) is 3. The maximum Gasteiger partial charge on any atom is 1.00 e. The molecule has 0 bridgehead atoms. The van der Waals surface area contributed by atoms with E-state index in [1.165, 1.54) is 6.07 Å². The molecule has 3 nitrogen and oxygen atoms in total. The summed E-state index contributed by atoms with van der Waals surface area (Å²) >= 11 is 0. The van der Waals surface area contributed by atoms with Crippen molar-refractivity contribution in [3.8, 4) is 0 Å². The van der Waals surface area contributed by atoms with Crippen molar-refractivity contribution in [3.63, 3.8) is 0 Å². The van der Waals surface area contributed by atoms with Crippen LogP contribution in [-0.2, 0) is 10.1 Å². The molecule has 2 rings (SSSR count). The third kappa shape index (κ3) is 2.92. The van der Waals surface area contributed by atoms with Crippen LogP contribution in [0.25, 0.3) is 10.8 Å². The summed E-state index contributed by atoms with van der Waals surface area (Å²) in [5.41, 5.74) is 1.03. The summed E-state index contributed by atoms with van der Waals surface area (Å²) < 4.78 is 32.9. The van der Waals surface area contributed by atoms with E-state index in [0.717, 1.165) is 10.9 Å². The summed E-state index contributed by atoms with van der Waals surface area (Å²) in [4.78, 5) is -0.153. The van der Waals surface area contributed by atoms with E-state index in [4.69, 9.17) is 0 Å². The SMILES string of the molecule is Cc1ccc2c(S(=O)(=O)[O-])cccc2c1.[K+]. The Balaban J connectivity index is 0.00000128. The first-order valence-corrected chi connectivity index (χ1v) is 5.84. The van der Waals surface area contributed by atoms with Crippen LogP contribution < -0.4 is 51.4 Å². The molecule has 0 amide bonds. The van der Waals surface area contributed by atoms with Gasteiger partial charge in [-0.05, 0) is 23.8 Å². The fourth-order valence-electron chi connectivity index (χ4n) is 1.59. The molecular weight excluding hydrogens is 251 g/mol. The molecule has 0 atom stereocenters. The first kappa shape index (κ1) is 14.3. The Morgan fingerprint density at radius 1 is 1.12 bits per heavy atom. The normalized spacial score (nSPS) is 11.1. The number of rotatable bonds is 1. The first-order valence-electron chi connectivity index (χ1n) is 4.44. The zero-order valence-electron chi connectivity index (χ0n) is 9.10. The standard InChI is InChI=1S/C11H10O3S.K/c1-8-5-6-10-9(7-8)3-2-4-11(10)15(12,13)14;/h2-7H,1H3,(H,12,13,14);/q;+1/p-1. The predicted octanol–water partition coefficient (Wildman–Crippen LogP) is -0.944. The van der Waals surface area contributed by atoms with Crippen molar-refractivity contribution < 1.29 is 64.4 Å². The maximum atomic E-state index is 11.0. The van der Waals surface area contributed by atoms with E-state index in [1.54, 1.807) is 24.3 Å². The average Bonchev–Trinajstić information content (AvgIpc) is 2.15. The molecular formula is C11H9KO3S. The Labute approximate surface area is 137 Å². The smallest absolute Gasteiger partial charge is 0.744 e. The maximum absolute atomic E-state index is 11.0. The van der Waals surface area contributed by atoms with Gasteiger partial charge in [0.2, 0.25) is 0 Å². The summed E-state index contributed by atoms with van der Waals surface area (Å²) in [7, 11) is -4.39. The molecule has 0 unspecified atom stereocenters. The van der Waals surface area contributed by atoms with Gasteiger partial charge in [0, 0.05) is 0 Å². The Hall–Kier alpha value is 0.246. The van der Waals surface area contributed by atoms with Gasteiger partial charge < -0.3 is 4.55 Å².